The van der Waals surface area contributed by atoms with Crippen molar-refractivity contribution in [1.29, 1.82) is 0 Å². The highest BCUT2D eigenvalue weighted by atomic mass is 35.5. The first-order valence-electron chi connectivity index (χ1n) is 7.72. The Morgan fingerprint density at radius 2 is 1.79 bits per heavy atom. The molecule has 0 saturated heterocycles. The Balaban J connectivity index is 1.93. The molecule has 4 nitrogen and oxygen atoms in total. The summed E-state index contributed by atoms with van der Waals surface area (Å²) >= 11 is 7.37. The van der Waals surface area contributed by atoms with Crippen LogP contribution in [0.1, 0.15) is 33.9 Å². The Labute approximate surface area is 151 Å². The third-order valence-electron chi connectivity index (χ3n) is 3.74. The van der Waals surface area contributed by atoms with Crippen LogP contribution in [0.4, 0.5) is 10.9 Å². The van der Waals surface area contributed by atoms with Gasteiger partial charge in [-0.05, 0) is 26.3 Å². The van der Waals surface area contributed by atoms with E-state index in [1.165, 1.54) is 22.5 Å². The number of alkyl halides is 1. The predicted octanol–water partition coefficient (Wildman–Crippen LogP) is 4.93. The van der Waals surface area contributed by atoms with E-state index < -0.39 is 0 Å². The second kappa shape index (κ2) is 7.28. The third-order valence-corrected chi connectivity index (χ3v) is 4.82. The quantitative estimate of drug-likeness (QED) is 0.657. The molecule has 0 saturated carbocycles. The number of hydrogen-bond acceptors (Lipinski definition) is 5. The molecule has 0 fully saturated rings. The average Bonchev–Trinajstić information content (AvgIpc) is 3.00. The fourth-order valence-electron chi connectivity index (χ4n) is 2.49. The zero-order valence-electron chi connectivity index (χ0n) is 13.9. The maximum atomic E-state index is 5.84. The lowest BCUT2D eigenvalue weighted by molar-refractivity contribution is 0.964. The highest BCUT2D eigenvalue weighted by Crippen LogP contribution is 2.26. The summed E-state index contributed by atoms with van der Waals surface area (Å²) in [6.07, 6.45) is 0.780. The number of nitrogens with zero attached hydrogens (tertiary/aromatic N) is 3. The number of thiazole rings is 1. The van der Waals surface area contributed by atoms with Gasteiger partial charge < -0.3 is 5.32 Å². The highest BCUT2D eigenvalue weighted by molar-refractivity contribution is 7.13. The lowest BCUT2D eigenvalue weighted by atomic mass is 10.0. The minimum atomic E-state index is 0.413. The Morgan fingerprint density at radius 1 is 1.04 bits per heavy atom. The third kappa shape index (κ3) is 3.91. The van der Waals surface area contributed by atoms with E-state index in [4.69, 9.17) is 11.6 Å². The molecule has 124 valence electrons. The van der Waals surface area contributed by atoms with E-state index in [-0.39, 0.29) is 0 Å². The molecule has 0 aliphatic heterocycles. The molecule has 0 aliphatic carbocycles. The monoisotopic (exact) mass is 358 g/mol. The van der Waals surface area contributed by atoms with Crippen molar-refractivity contribution in [1.82, 2.24) is 15.0 Å². The van der Waals surface area contributed by atoms with E-state index in [9.17, 15) is 0 Å². The molecule has 0 spiro atoms. The number of aryl methyl sites for hydroxylation is 3. The molecule has 6 heteroatoms. The average molecular weight is 359 g/mol. The lowest BCUT2D eigenvalue weighted by Gasteiger charge is -2.13. The van der Waals surface area contributed by atoms with Gasteiger partial charge in [0.15, 0.2) is 5.13 Å². The predicted molar refractivity (Wildman–Crippen MR) is 100 cm³/mol. The molecular weight excluding hydrogens is 340 g/mol. The molecule has 0 radical (unpaired) electrons. The van der Waals surface area contributed by atoms with Crippen LogP contribution in [0.5, 0.6) is 0 Å². The molecule has 0 unspecified atom stereocenters. The smallest absolute Gasteiger partial charge is 0.188 e. The Bertz CT molecular complexity index is 843. The van der Waals surface area contributed by atoms with E-state index in [2.05, 4.69) is 51.5 Å². The van der Waals surface area contributed by atoms with Crippen LogP contribution in [-0.2, 0) is 12.3 Å². The molecule has 24 heavy (non-hydrogen) atoms. The normalized spacial score (nSPS) is 10.8. The second-order valence-corrected chi connectivity index (χ2v) is 6.87. The first kappa shape index (κ1) is 16.9. The van der Waals surface area contributed by atoms with Gasteiger partial charge in [-0.2, -0.15) is 0 Å². The van der Waals surface area contributed by atoms with Crippen LogP contribution < -0.4 is 5.32 Å². The van der Waals surface area contributed by atoms with Gasteiger partial charge in [-0.15, -0.1) is 22.9 Å². The Morgan fingerprint density at radius 3 is 2.46 bits per heavy atom. The summed E-state index contributed by atoms with van der Waals surface area (Å²) in [5, 5.41) is 6.09. The first-order chi connectivity index (χ1) is 11.5. The van der Waals surface area contributed by atoms with Crippen molar-refractivity contribution in [3.63, 3.8) is 0 Å². The van der Waals surface area contributed by atoms with E-state index in [1.54, 1.807) is 0 Å². The van der Waals surface area contributed by atoms with Gasteiger partial charge in [0.2, 0.25) is 0 Å². The molecule has 3 rings (SSSR count). The van der Waals surface area contributed by atoms with Crippen molar-refractivity contribution >= 4 is 33.9 Å². The van der Waals surface area contributed by atoms with Crippen LogP contribution in [0.25, 0.3) is 0 Å². The highest BCUT2D eigenvalue weighted by Gasteiger charge is 2.13. The summed E-state index contributed by atoms with van der Waals surface area (Å²) in [5.74, 6) is 1.98. The molecule has 0 amide bonds. The van der Waals surface area contributed by atoms with Gasteiger partial charge in [0.1, 0.15) is 11.6 Å². The summed E-state index contributed by atoms with van der Waals surface area (Å²) in [5.41, 5.74) is 5.43. The van der Waals surface area contributed by atoms with Crippen LogP contribution in [0.15, 0.2) is 29.6 Å². The SMILES string of the molecule is Cc1ccc(Cc2c(C)nc(C)nc2Nc2nc(CCl)cs2)cc1. The second-order valence-electron chi connectivity index (χ2n) is 5.75. The maximum Gasteiger partial charge on any atom is 0.188 e. The van der Waals surface area contributed by atoms with E-state index in [1.807, 2.05) is 19.2 Å². The van der Waals surface area contributed by atoms with Crippen LogP contribution in [0, 0.1) is 20.8 Å². The Kier molecular flexibility index (Phi) is 5.11. The molecule has 1 N–H and O–H groups in total. The lowest BCUT2D eigenvalue weighted by Crippen LogP contribution is -2.06. The molecule has 2 heterocycles. The molecule has 0 bridgehead atoms. The van der Waals surface area contributed by atoms with Gasteiger partial charge in [0.05, 0.1) is 11.6 Å². The summed E-state index contributed by atoms with van der Waals surface area (Å²) in [4.78, 5) is 13.6. The minimum absolute atomic E-state index is 0.413. The minimum Gasteiger partial charge on any atom is -0.316 e. The first-order valence-corrected chi connectivity index (χ1v) is 9.13. The largest absolute Gasteiger partial charge is 0.316 e. The van der Waals surface area contributed by atoms with E-state index in [0.717, 1.165) is 40.1 Å². The van der Waals surface area contributed by atoms with Crippen molar-refractivity contribution < 1.29 is 0 Å². The van der Waals surface area contributed by atoms with E-state index in [0.29, 0.717) is 5.88 Å². The molecule has 2 aromatic heterocycles. The van der Waals surface area contributed by atoms with Gasteiger partial charge in [-0.1, -0.05) is 29.8 Å². The number of hydrogen-bond donors (Lipinski definition) is 1. The van der Waals surface area contributed by atoms with Crippen molar-refractivity contribution in [2.24, 2.45) is 0 Å². The van der Waals surface area contributed by atoms with Gasteiger partial charge in [0.25, 0.3) is 0 Å². The van der Waals surface area contributed by atoms with Crippen molar-refractivity contribution in [3.05, 3.63) is 63.5 Å². The molecule has 3 aromatic rings. The van der Waals surface area contributed by atoms with Crippen molar-refractivity contribution in [3.8, 4) is 0 Å². The van der Waals surface area contributed by atoms with Gasteiger partial charge in [0, 0.05) is 23.1 Å². The summed E-state index contributed by atoms with van der Waals surface area (Å²) < 4.78 is 0. The zero-order chi connectivity index (χ0) is 17.1. The van der Waals surface area contributed by atoms with Crippen LogP contribution >= 0.6 is 22.9 Å². The number of nitrogens with one attached hydrogen (secondary N) is 1. The van der Waals surface area contributed by atoms with Crippen LogP contribution in [0.3, 0.4) is 0 Å². The summed E-state index contributed by atoms with van der Waals surface area (Å²) in [6, 6.07) is 8.54. The van der Waals surface area contributed by atoms with Gasteiger partial charge in [-0.3, -0.25) is 0 Å². The number of halogens is 1. The molecule has 0 atom stereocenters. The van der Waals surface area contributed by atoms with Gasteiger partial charge >= 0.3 is 0 Å². The fourth-order valence-corrected chi connectivity index (χ4v) is 3.43. The van der Waals surface area contributed by atoms with Crippen molar-refractivity contribution in [2.45, 2.75) is 33.1 Å². The van der Waals surface area contributed by atoms with Crippen molar-refractivity contribution in [2.75, 3.05) is 5.32 Å². The number of rotatable bonds is 5. The number of benzene rings is 1. The number of aromatic nitrogens is 3. The maximum absolute atomic E-state index is 5.84. The zero-order valence-corrected chi connectivity index (χ0v) is 15.5. The molecular formula is C18H19ClN4S. The summed E-state index contributed by atoms with van der Waals surface area (Å²) in [6.45, 7) is 6.02. The van der Waals surface area contributed by atoms with Gasteiger partial charge in [-0.25, -0.2) is 15.0 Å². The van der Waals surface area contributed by atoms with Crippen LogP contribution in [-0.4, -0.2) is 15.0 Å². The topological polar surface area (TPSA) is 50.7 Å². The Hall–Kier alpha value is -1.98. The summed E-state index contributed by atoms with van der Waals surface area (Å²) in [7, 11) is 0. The number of anilines is 2. The van der Waals surface area contributed by atoms with Crippen LogP contribution in [0.2, 0.25) is 0 Å². The molecule has 1 aromatic carbocycles. The fraction of sp³-hybridized carbons (Fsp3) is 0.278. The van der Waals surface area contributed by atoms with E-state index >= 15 is 0 Å². The standard InChI is InChI=1S/C18H19ClN4S/c1-11-4-6-14(7-5-11)8-16-12(2)20-13(3)21-17(16)23-18-22-15(9-19)10-24-18/h4-7,10H,8-9H2,1-3H3,(H,20,21,22,23). The molecule has 0 aliphatic rings.